The second kappa shape index (κ2) is 9.30. The van der Waals surface area contributed by atoms with Crippen LogP contribution in [0.5, 0.6) is 0 Å². The number of pyridine rings is 1. The maximum atomic E-state index is 11.4. The molecule has 0 N–H and O–H groups in total. The van der Waals surface area contributed by atoms with Crippen LogP contribution in [0.3, 0.4) is 0 Å². The molecule has 0 atom stereocenters. The number of aromatic nitrogens is 2. The van der Waals surface area contributed by atoms with Crippen molar-refractivity contribution in [2.24, 2.45) is 10.1 Å². The zero-order valence-corrected chi connectivity index (χ0v) is 19.6. The van der Waals surface area contributed by atoms with E-state index < -0.39 is 0 Å². The Bertz CT molecular complexity index is 1430. The highest BCUT2D eigenvalue weighted by atomic mass is 32.1. The summed E-state index contributed by atoms with van der Waals surface area (Å²) in [5.41, 5.74) is 7.06. The molecule has 4 rings (SSSR count). The summed E-state index contributed by atoms with van der Waals surface area (Å²) in [6.45, 7) is 7.73. The molecule has 0 radical (unpaired) electrons. The van der Waals surface area contributed by atoms with Crippen LogP contribution < -0.4 is 4.80 Å². The van der Waals surface area contributed by atoms with Gasteiger partial charge in [0.1, 0.15) is 0 Å². The Labute approximate surface area is 195 Å². The first-order valence-electron chi connectivity index (χ1n) is 10.4. The van der Waals surface area contributed by atoms with E-state index in [4.69, 9.17) is 10.1 Å². The number of hydrogen-bond donors (Lipinski definition) is 0. The Balaban J connectivity index is 1.90. The summed E-state index contributed by atoms with van der Waals surface area (Å²) in [7, 11) is 0. The van der Waals surface area contributed by atoms with Gasteiger partial charge in [-0.05, 0) is 57.0 Å². The van der Waals surface area contributed by atoms with Crippen molar-refractivity contribution < 1.29 is 4.92 Å². The molecular formula is C25H23N5O2S. The van der Waals surface area contributed by atoms with Gasteiger partial charge >= 0.3 is 0 Å². The summed E-state index contributed by atoms with van der Waals surface area (Å²) in [5.74, 6) is 0. The molecule has 8 heteroatoms. The maximum Gasteiger partial charge on any atom is 0.272 e. The van der Waals surface area contributed by atoms with Gasteiger partial charge in [-0.25, -0.2) is 9.67 Å². The average molecular weight is 458 g/mol. The third-order valence-electron chi connectivity index (χ3n) is 5.43. The van der Waals surface area contributed by atoms with Crippen LogP contribution in [0.15, 0.2) is 76.4 Å². The van der Waals surface area contributed by atoms with Crippen molar-refractivity contribution in [1.82, 2.24) is 9.66 Å². The molecule has 166 valence electrons. The summed E-state index contributed by atoms with van der Waals surface area (Å²) in [6.07, 6.45) is 3.40. The van der Waals surface area contributed by atoms with Crippen LogP contribution in [-0.4, -0.2) is 20.3 Å². The third-order valence-corrected chi connectivity index (χ3v) is 6.25. The van der Waals surface area contributed by atoms with E-state index in [2.05, 4.69) is 37.0 Å². The van der Waals surface area contributed by atoms with E-state index >= 15 is 0 Å². The molecule has 2 aromatic heterocycles. The standard InChI is InChI=1S/C25H23N5O2S/c1-16-7-10-21(12-18(16)3)24-15-33-25(27-22-6-5-11-26-14-22)29(24)28-19(4)20-9-8-17(2)23(13-20)30(31)32/h5-15H,1-4H3. The first-order chi connectivity index (χ1) is 15.8. The van der Waals surface area contributed by atoms with Gasteiger partial charge in [0.05, 0.1) is 28.2 Å². The SMILES string of the molecule is CC(=Nn1c(-c2ccc(C)c(C)c2)csc1=Nc1cccnc1)c1ccc(C)c([N+](=O)[O-])c1. The molecule has 0 saturated carbocycles. The first kappa shape index (κ1) is 22.3. The molecule has 33 heavy (non-hydrogen) atoms. The zero-order valence-electron chi connectivity index (χ0n) is 18.8. The summed E-state index contributed by atoms with van der Waals surface area (Å²) in [6, 6.07) is 15.2. The molecule has 0 bridgehead atoms. The van der Waals surface area contributed by atoms with E-state index in [-0.39, 0.29) is 10.6 Å². The Hall–Kier alpha value is -3.91. The molecule has 0 aliphatic carbocycles. The second-order valence-electron chi connectivity index (χ2n) is 7.78. The van der Waals surface area contributed by atoms with Crippen LogP contribution in [0, 0.1) is 30.9 Å². The van der Waals surface area contributed by atoms with Crippen LogP contribution in [0.4, 0.5) is 11.4 Å². The van der Waals surface area contributed by atoms with E-state index in [1.807, 2.05) is 30.5 Å². The fraction of sp³-hybridized carbons (Fsp3) is 0.160. The molecular weight excluding hydrogens is 434 g/mol. The van der Waals surface area contributed by atoms with E-state index in [1.54, 1.807) is 36.1 Å². The molecule has 0 unspecified atom stereocenters. The number of nitro benzene ring substituents is 1. The first-order valence-corrected chi connectivity index (χ1v) is 11.3. The van der Waals surface area contributed by atoms with E-state index in [0.717, 1.165) is 16.9 Å². The van der Waals surface area contributed by atoms with Gasteiger partial charge in [-0.3, -0.25) is 15.1 Å². The number of nitrogens with zero attached hydrogens (tertiary/aromatic N) is 5. The Kier molecular flexibility index (Phi) is 6.28. The lowest BCUT2D eigenvalue weighted by Gasteiger charge is -2.09. The van der Waals surface area contributed by atoms with Gasteiger partial charge in [0.2, 0.25) is 4.80 Å². The topological polar surface area (TPSA) is 85.7 Å². The van der Waals surface area contributed by atoms with E-state index in [0.29, 0.717) is 21.6 Å². The highest BCUT2D eigenvalue weighted by Crippen LogP contribution is 2.24. The lowest BCUT2D eigenvalue weighted by atomic mass is 10.0. The van der Waals surface area contributed by atoms with Crippen molar-refractivity contribution in [2.45, 2.75) is 27.7 Å². The molecule has 0 fully saturated rings. The second-order valence-corrected chi connectivity index (χ2v) is 8.62. The highest BCUT2D eigenvalue weighted by molar-refractivity contribution is 7.07. The van der Waals surface area contributed by atoms with Crippen LogP contribution in [0.2, 0.25) is 0 Å². The van der Waals surface area contributed by atoms with Gasteiger partial charge in [0.15, 0.2) is 0 Å². The van der Waals surface area contributed by atoms with Gasteiger partial charge in [0.25, 0.3) is 5.69 Å². The minimum Gasteiger partial charge on any atom is -0.262 e. The smallest absolute Gasteiger partial charge is 0.262 e. The fourth-order valence-electron chi connectivity index (χ4n) is 3.34. The molecule has 4 aromatic rings. The van der Waals surface area contributed by atoms with Crippen molar-refractivity contribution in [2.75, 3.05) is 0 Å². The zero-order chi connectivity index (χ0) is 23.5. The van der Waals surface area contributed by atoms with E-state index in [1.165, 1.54) is 22.5 Å². The highest BCUT2D eigenvalue weighted by Gasteiger charge is 2.14. The van der Waals surface area contributed by atoms with Gasteiger partial charge < -0.3 is 0 Å². The quantitative estimate of drug-likeness (QED) is 0.211. The molecule has 0 aliphatic heterocycles. The van der Waals surface area contributed by atoms with Gasteiger partial charge in [-0.2, -0.15) is 5.10 Å². The van der Waals surface area contributed by atoms with Gasteiger partial charge in [-0.1, -0.05) is 24.3 Å². The maximum absolute atomic E-state index is 11.4. The minimum atomic E-state index is -0.368. The largest absolute Gasteiger partial charge is 0.272 e. The lowest BCUT2D eigenvalue weighted by molar-refractivity contribution is -0.385. The van der Waals surface area contributed by atoms with Crippen LogP contribution in [0.1, 0.15) is 29.2 Å². The van der Waals surface area contributed by atoms with Crippen LogP contribution in [0.25, 0.3) is 11.3 Å². The molecule has 0 aliphatic rings. The van der Waals surface area contributed by atoms with Gasteiger partial charge in [0, 0.05) is 34.3 Å². The molecule has 0 amide bonds. The van der Waals surface area contributed by atoms with Crippen molar-refractivity contribution >= 4 is 28.4 Å². The van der Waals surface area contributed by atoms with Crippen molar-refractivity contribution in [3.05, 3.63) is 103 Å². The minimum absolute atomic E-state index is 0.0759. The van der Waals surface area contributed by atoms with Crippen LogP contribution in [-0.2, 0) is 0 Å². The fourth-order valence-corrected chi connectivity index (χ4v) is 4.19. The summed E-state index contributed by atoms with van der Waals surface area (Å²) >= 11 is 1.48. The Morgan fingerprint density at radius 3 is 2.55 bits per heavy atom. The Morgan fingerprint density at radius 1 is 1.06 bits per heavy atom. The number of hydrogen-bond acceptors (Lipinski definition) is 6. The average Bonchev–Trinajstić information content (AvgIpc) is 3.18. The Morgan fingerprint density at radius 2 is 1.85 bits per heavy atom. The molecule has 2 aromatic carbocycles. The molecule has 2 heterocycles. The van der Waals surface area contributed by atoms with Crippen molar-refractivity contribution in [3.8, 4) is 11.3 Å². The summed E-state index contributed by atoms with van der Waals surface area (Å²) in [4.78, 5) is 20.6. The number of aryl methyl sites for hydroxylation is 3. The third kappa shape index (κ3) is 4.80. The molecule has 0 saturated heterocycles. The monoisotopic (exact) mass is 457 g/mol. The number of rotatable bonds is 5. The summed E-state index contributed by atoms with van der Waals surface area (Å²) in [5, 5.41) is 18.3. The number of thiazole rings is 1. The molecule has 7 nitrogen and oxygen atoms in total. The number of nitro groups is 1. The normalized spacial score (nSPS) is 12.2. The lowest BCUT2D eigenvalue weighted by Crippen LogP contribution is -2.14. The molecule has 0 spiro atoms. The van der Waals surface area contributed by atoms with Crippen LogP contribution >= 0.6 is 11.3 Å². The van der Waals surface area contributed by atoms with E-state index in [9.17, 15) is 10.1 Å². The van der Waals surface area contributed by atoms with Crippen molar-refractivity contribution in [1.29, 1.82) is 0 Å². The predicted molar refractivity (Wildman–Crippen MR) is 132 cm³/mol. The predicted octanol–water partition coefficient (Wildman–Crippen LogP) is 5.95. The number of benzene rings is 2. The van der Waals surface area contributed by atoms with Gasteiger partial charge in [-0.15, -0.1) is 11.3 Å². The summed E-state index contributed by atoms with van der Waals surface area (Å²) < 4.78 is 1.79. The van der Waals surface area contributed by atoms with Crippen molar-refractivity contribution in [3.63, 3.8) is 0 Å².